The number of benzene rings is 3. The highest BCUT2D eigenvalue weighted by molar-refractivity contribution is 5.97. The number of anilines is 2. The molecule has 7 rings (SSSR count). The Bertz CT molecular complexity index is 1620. The highest BCUT2D eigenvalue weighted by Crippen LogP contribution is 2.48. The minimum Gasteiger partial charge on any atom is -0.294 e. The zero-order valence-electron chi connectivity index (χ0n) is 20.8. The van der Waals surface area contributed by atoms with Crippen LogP contribution in [0, 0.1) is 0 Å². The second-order valence-corrected chi connectivity index (χ2v) is 9.83. The molecule has 1 aromatic heterocycles. The lowest BCUT2D eigenvalue weighted by Crippen LogP contribution is -2.19. The van der Waals surface area contributed by atoms with Crippen molar-refractivity contribution in [2.75, 3.05) is 4.90 Å². The van der Waals surface area contributed by atoms with Gasteiger partial charge in [-0.05, 0) is 83.4 Å². The van der Waals surface area contributed by atoms with E-state index in [9.17, 15) is 0 Å². The monoisotopic (exact) mass is 476 g/mol. The Hall–Kier alpha value is -4.43. The molecular weight excluding hydrogens is 448 g/mol. The number of fused-ring (bicyclic) bond motifs is 4. The maximum atomic E-state index is 5.36. The summed E-state index contributed by atoms with van der Waals surface area (Å²) in [5.74, 6) is 0.964. The summed E-state index contributed by atoms with van der Waals surface area (Å²) >= 11 is 0. The van der Waals surface area contributed by atoms with Crippen molar-refractivity contribution in [2.45, 2.75) is 25.7 Å². The van der Waals surface area contributed by atoms with Crippen molar-refractivity contribution in [3.05, 3.63) is 138 Å². The molecule has 2 heterocycles. The Labute approximate surface area is 218 Å². The van der Waals surface area contributed by atoms with Gasteiger partial charge < -0.3 is 0 Å². The van der Waals surface area contributed by atoms with Crippen LogP contribution in [0.15, 0.2) is 127 Å². The maximum absolute atomic E-state index is 5.36. The van der Waals surface area contributed by atoms with Gasteiger partial charge in [0.15, 0.2) is 0 Å². The molecule has 1 aliphatic heterocycles. The van der Waals surface area contributed by atoms with Crippen molar-refractivity contribution in [1.82, 2.24) is 4.98 Å². The van der Waals surface area contributed by atoms with Gasteiger partial charge in [0, 0.05) is 5.56 Å². The van der Waals surface area contributed by atoms with E-state index in [-0.39, 0.29) is 0 Å². The van der Waals surface area contributed by atoms with E-state index in [1.54, 1.807) is 0 Å². The Morgan fingerprint density at radius 3 is 2.24 bits per heavy atom. The number of para-hydroxylation sites is 1. The van der Waals surface area contributed by atoms with Gasteiger partial charge in [0.2, 0.25) is 0 Å². The average Bonchev–Trinajstić information content (AvgIpc) is 3.11. The van der Waals surface area contributed by atoms with Gasteiger partial charge in [-0.2, -0.15) is 0 Å². The molecule has 0 amide bonds. The Kier molecular flexibility index (Phi) is 5.44. The SMILES string of the molecule is C1=CCCC(c2cc(-c3ccccc3)cc(N3C4=C(CCC=C4)c4ccccc4-c4ccccc43)n2)=C1. The molecule has 0 atom stereocenters. The fourth-order valence-corrected chi connectivity index (χ4v) is 5.80. The molecule has 0 bridgehead atoms. The van der Waals surface area contributed by atoms with Crippen LogP contribution in [0.5, 0.6) is 0 Å². The summed E-state index contributed by atoms with van der Waals surface area (Å²) in [6.07, 6.45) is 15.4. The molecule has 0 unspecified atom stereocenters. The molecule has 2 heteroatoms. The van der Waals surface area contributed by atoms with E-state index in [0.29, 0.717) is 0 Å². The summed E-state index contributed by atoms with van der Waals surface area (Å²) in [6.45, 7) is 0. The standard InChI is InChI=1S/C35H28N2/c1-3-13-25(14-4-1)27-23-32(26-15-5-2-6-16-26)36-35(24-27)37-33-21-11-9-19-30(33)28-17-7-8-18-29(28)31-20-10-12-22-34(31)37/h1-5,7-9,11-15,17-19,21-24H,6,10,16,20H2. The van der Waals surface area contributed by atoms with E-state index in [0.717, 1.165) is 37.2 Å². The summed E-state index contributed by atoms with van der Waals surface area (Å²) in [4.78, 5) is 7.75. The molecule has 0 saturated carbocycles. The van der Waals surface area contributed by atoms with Gasteiger partial charge in [-0.25, -0.2) is 4.98 Å². The van der Waals surface area contributed by atoms with E-state index in [4.69, 9.17) is 4.98 Å². The van der Waals surface area contributed by atoms with E-state index < -0.39 is 0 Å². The predicted molar refractivity (Wildman–Crippen MR) is 155 cm³/mol. The van der Waals surface area contributed by atoms with E-state index in [1.807, 2.05) is 0 Å². The van der Waals surface area contributed by atoms with Crippen LogP contribution in [0.1, 0.15) is 36.9 Å². The molecular formula is C35H28N2. The Morgan fingerprint density at radius 2 is 1.41 bits per heavy atom. The summed E-state index contributed by atoms with van der Waals surface area (Å²) in [5.41, 5.74) is 12.4. The minimum absolute atomic E-state index is 0.964. The molecule has 0 fully saturated rings. The zero-order chi connectivity index (χ0) is 24.6. The topological polar surface area (TPSA) is 16.1 Å². The van der Waals surface area contributed by atoms with Crippen LogP contribution in [0.25, 0.3) is 33.4 Å². The number of hydrogen-bond donors (Lipinski definition) is 0. The molecule has 0 saturated heterocycles. The smallest absolute Gasteiger partial charge is 0.138 e. The fraction of sp³-hybridized carbons (Fsp3) is 0.114. The van der Waals surface area contributed by atoms with Crippen LogP contribution in [0.2, 0.25) is 0 Å². The number of rotatable bonds is 3. The normalized spacial score (nSPS) is 16.0. The third kappa shape index (κ3) is 3.86. The van der Waals surface area contributed by atoms with Crippen LogP contribution < -0.4 is 4.90 Å². The van der Waals surface area contributed by atoms with Crippen LogP contribution >= 0.6 is 0 Å². The number of allylic oxidation sites excluding steroid dienone is 7. The van der Waals surface area contributed by atoms with E-state index in [2.05, 4.69) is 126 Å². The van der Waals surface area contributed by atoms with Crippen molar-refractivity contribution in [2.24, 2.45) is 0 Å². The van der Waals surface area contributed by atoms with Crippen LogP contribution in [0.3, 0.4) is 0 Å². The van der Waals surface area contributed by atoms with Gasteiger partial charge in [-0.3, -0.25) is 4.90 Å². The lowest BCUT2D eigenvalue weighted by Gasteiger charge is -2.29. The summed E-state index contributed by atoms with van der Waals surface area (Å²) in [5, 5.41) is 0. The summed E-state index contributed by atoms with van der Waals surface area (Å²) in [7, 11) is 0. The van der Waals surface area contributed by atoms with Crippen molar-refractivity contribution in [3.63, 3.8) is 0 Å². The third-order valence-corrected chi connectivity index (χ3v) is 7.57. The highest BCUT2D eigenvalue weighted by Gasteiger charge is 2.29. The fourth-order valence-electron chi connectivity index (χ4n) is 5.80. The Morgan fingerprint density at radius 1 is 0.649 bits per heavy atom. The highest BCUT2D eigenvalue weighted by atomic mass is 15.2. The second kappa shape index (κ2) is 9.22. The van der Waals surface area contributed by atoms with Gasteiger partial charge in [-0.15, -0.1) is 0 Å². The first-order valence-electron chi connectivity index (χ1n) is 13.2. The lowest BCUT2D eigenvalue weighted by molar-refractivity contribution is 1.01. The van der Waals surface area contributed by atoms with Gasteiger partial charge in [0.1, 0.15) is 5.82 Å². The molecule has 0 radical (unpaired) electrons. The Balaban J connectivity index is 1.52. The largest absolute Gasteiger partial charge is 0.294 e. The van der Waals surface area contributed by atoms with Gasteiger partial charge in [0.05, 0.1) is 17.1 Å². The maximum Gasteiger partial charge on any atom is 0.138 e. The molecule has 0 spiro atoms. The van der Waals surface area contributed by atoms with E-state index in [1.165, 1.54) is 50.3 Å². The average molecular weight is 477 g/mol. The first-order chi connectivity index (χ1) is 18.4. The molecule has 2 nitrogen and oxygen atoms in total. The third-order valence-electron chi connectivity index (χ3n) is 7.57. The molecule has 178 valence electrons. The van der Waals surface area contributed by atoms with Crippen LogP contribution in [-0.4, -0.2) is 4.98 Å². The molecule has 2 aliphatic carbocycles. The van der Waals surface area contributed by atoms with Gasteiger partial charge in [-0.1, -0.05) is 97.1 Å². The molecule has 0 N–H and O–H groups in total. The molecule has 3 aliphatic rings. The van der Waals surface area contributed by atoms with Crippen molar-refractivity contribution in [1.29, 1.82) is 0 Å². The van der Waals surface area contributed by atoms with Crippen LogP contribution in [0.4, 0.5) is 11.5 Å². The number of nitrogens with zero attached hydrogens (tertiary/aromatic N) is 2. The van der Waals surface area contributed by atoms with Crippen molar-refractivity contribution < 1.29 is 0 Å². The van der Waals surface area contributed by atoms with Crippen molar-refractivity contribution in [3.8, 4) is 22.3 Å². The predicted octanol–water partition coefficient (Wildman–Crippen LogP) is 9.36. The van der Waals surface area contributed by atoms with Gasteiger partial charge >= 0.3 is 0 Å². The second-order valence-electron chi connectivity index (χ2n) is 9.83. The van der Waals surface area contributed by atoms with Gasteiger partial charge in [0.25, 0.3) is 0 Å². The van der Waals surface area contributed by atoms with Crippen LogP contribution in [-0.2, 0) is 0 Å². The molecule has 4 aromatic rings. The van der Waals surface area contributed by atoms with E-state index >= 15 is 0 Å². The summed E-state index contributed by atoms with van der Waals surface area (Å²) in [6, 6.07) is 32.8. The number of pyridine rings is 1. The first kappa shape index (κ1) is 21.8. The molecule has 37 heavy (non-hydrogen) atoms. The first-order valence-corrected chi connectivity index (χ1v) is 13.2. The van der Waals surface area contributed by atoms with Crippen molar-refractivity contribution >= 4 is 22.7 Å². The lowest BCUT2D eigenvalue weighted by atomic mass is 9.90. The summed E-state index contributed by atoms with van der Waals surface area (Å²) < 4.78 is 0. The molecule has 3 aromatic carbocycles. The number of aromatic nitrogens is 1. The number of hydrogen-bond acceptors (Lipinski definition) is 2. The quantitative estimate of drug-likeness (QED) is 0.293. The minimum atomic E-state index is 0.964. The zero-order valence-corrected chi connectivity index (χ0v) is 20.8.